The van der Waals surface area contributed by atoms with Gasteiger partial charge in [0, 0.05) is 11.3 Å². The largest absolute Gasteiger partial charge is 0.387 e. The maximum absolute atomic E-state index is 11.5. The zero-order chi connectivity index (χ0) is 13.7. The zero-order valence-corrected chi connectivity index (χ0v) is 12.6. The van der Waals surface area contributed by atoms with Crippen molar-refractivity contribution in [1.29, 1.82) is 0 Å². The Labute approximate surface area is 116 Å². The van der Waals surface area contributed by atoms with Gasteiger partial charge in [-0.25, -0.2) is 0 Å². The Morgan fingerprint density at radius 1 is 1.05 bits per heavy atom. The fourth-order valence-corrected chi connectivity index (χ4v) is 5.37. The molecular formula is C16H28O3. The van der Waals surface area contributed by atoms with Gasteiger partial charge in [-0.2, -0.15) is 0 Å². The van der Waals surface area contributed by atoms with Crippen LogP contribution in [0.1, 0.15) is 52.9 Å². The van der Waals surface area contributed by atoms with E-state index in [0.29, 0.717) is 31.3 Å². The molecule has 0 amide bonds. The zero-order valence-electron chi connectivity index (χ0n) is 12.6. The van der Waals surface area contributed by atoms with E-state index in [4.69, 9.17) is 9.47 Å². The van der Waals surface area contributed by atoms with Crippen LogP contribution in [0.3, 0.4) is 0 Å². The molecule has 0 bridgehead atoms. The molecule has 1 N–H and O–H groups in total. The average molecular weight is 268 g/mol. The lowest BCUT2D eigenvalue weighted by Gasteiger charge is -2.62. The van der Waals surface area contributed by atoms with Crippen molar-refractivity contribution in [3.63, 3.8) is 0 Å². The minimum absolute atomic E-state index is 0.0225. The Morgan fingerprint density at radius 3 is 2.63 bits per heavy atom. The molecule has 110 valence electrons. The van der Waals surface area contributed by atoms with E-state index in [9.17, 15) is 5.11 Å². The first kappa shape index (κ1) is 13.8. The standard InChI is InChI=1S/C16H28O3/c1-14(2)7-4-8-15(3)13(14)6-5-12-9-18-11-19-10-16(12,15)17/h12-13,17H,4-11H2,1-3H3/t12-,13-,15-,16+/m0/s1. The quantitative estimate of drug-likeness (QED) is 0.734. The minimum Gasteiger partial charge on any atom is -0.387 e. The topological polar surface area (TPSA) is 38.7 Å². The summed E-state index contributed by atoms with van der Waals surface area (Å²) in [7, 11) is 0. The van der Waals surface area contributed by atoms with Crippen molar-refractivity contribution in [2.24, 2.45) is 22.7 Å². The highest BCUT2D eigenvalue weighted by molar-refractivity contribution is 5.11. The first-order chi connectivity index (χ1) is 8.90. The summed E-state index contributed by atoms with van der Waals surface area (Å²) in [5.74, 6) is 0.835. The number of rotatable bonds is 0. The molecule has 3 aliphatic rings. The summed E-state index contributed by atoms with van der Waals surface area (Å²) < 4.78 is 11.1. The molecule has 1 heterocycles. The van der Waals surface area contributed by atoms with Gasteiger partial charge in [0.05, 0.1) is 18.8 Å². The second-order valence-electron chi connectivity index (χ2n) is 7.85. The highest BCUT2D eigenvalue weighted by Crippen LogP contribution is 2.62. The van der Waals surface area contributed by atoms with E-state index >= 15 is 0 Å². The molecule has 0 spiro atoms. The fraction of sp³-hybridized carbons (Fsp3) is 1.00. The van der Waals surface area contributed by atoms with Crippen molar-refractivity contribution in [1.82, 2.24) is 0 Å². The molecule has 3 rings (SSSR count). The normalized spacial score (nSPS) is 49.9. The highest BCUT2D eigenvalue weighted by atomic mass is 16.7. The Morgan fingerprint density at radius 2 is 1.84 bits per heavy atom. The van der Waals surface area contributed by atoms with Crippen LogP contribution in [0.25, 0.3) is 0 Å². The van der Waals surface area contributed by atoms with Gasteiger partial charge in [-0.1, -0.05) is 27.2 Å². The van der Waals surface area contributed by atoms with E-state index < -0.39 is 5.60 Å². The van der Waals surface area contributed by atoms with Gasteiger partial charge in [-0.05, 0) is 37.0 Å². The summed E-state index contributed by atoms with van der Waals surface area (Å²) >= 11 is 0. The molecule has 19 heavy (non-hydrogen) atoms. The smallest absolute Gasteiger partial charge is 0.146 e. The van der Waals surface area contributed by atoms with E-state index in [-0.39, 0.29) is 11.3 Å². The summed E-state index contributed by atoms with van der Waals surface area (Å²) in [6.45, 7) is 8.50. The van der Waals surface area contributed by atoms with Crippen LogP contribution in [0.15, 0.2) is 0 Å². The molecule has 2 saturated carbocycles. The third-order valence-corrected chi connectivity index (χ3v) is 6.51. The van der Waals surface area contributed by atoms with Crippen LogP contribution in [0.5, 0.6) is 0 Å². The van der Waals surface area contributed by atoms with Crippen molar-refractivity contribution in [3.8, 4) is 0 Å². The Hall–Kier alpha value is -0.120. The molecular weight excluding hydrogens is 240 g/mol. The molecule has 2 aliphatic carbocycles. The van der Waals surface area contributed by atoms with Crippen LogP contribution >= 0.6 is 0 Å². The van der Waals surface area contributed by atoms with Crippen LogP contribution in [-0.2, 0) is 9.47 Å². The second-order valence-corrected chi connectivity index (χ2v) is 7.85. The summed E-state index contributed by atoms with van der Waals surface area (Å²) in [6, 6.07) is 0. The van der Waals surface area contributed by atoms with Crippen molar-refractivity contribution in [2.45, 2.75) is 58.5 Å². The van der Waals surface area contributed by atoms with E-state index in [1.807, 2.05) is 0 Å². The van der Waals surface area contributed by atoms with Crippen LogP contribution in [0, 0.1) is 22.7 Å². The first-order valence-electron chi connectivity index (χ1n) is 7.78. The van der Waals surface area contributed by atoms with E-state index in [0.717, 1.165) is 12.8 Å². The van der Waals surface area contributed by atoms with Crippen molar-refractivity contribution < 1.29 is 14.6 Å². The third kappa shape index (κ3) is 1.89. The summed E-state index contributed by atoms with van der Waals surface area (Å²) in [5, 5.41) is 11.5. The number of hydrogen-bond donors (Lipinski definition) is 1. The predicted octanol–water partition coefficient (Wildman–Crippen LogP) is 2.96. The van der Waals surface area contributed by atoms with Gasteiger partial charge in [0.25, 0.3) is 0 Å². The minimum atomic E-state index is -0.704. The van der Waals surface area contributed by atoms with Gasteiger partial charge in [0.15, 0.2) is 0 Å². The molecule has 1 aliphatic heterocycles. The number of aliphatic hydroxyl groups is 1. The molecule has 3 heteroatoms. The van der Waals surface area contributed by atoms with Crippen LogP contribution in [-0.4, -0.2) is 30.7 Å². The highest BCUT2D eigenvalue weighted by Gasteiger charge is 2.62. The SMILES string of the molecule is CC1(C)CCC[C@@]2(C)[C@H]1CC[C@H]1COCOC[C@@]12O. The van der Waals surface area contributed by atoms with E-state index in [1.165, 1.54) is 19.3 Å². The molecule has 3 nitrogen and oxygen atoms in total. The molecule has 1 saturated heterocycles. The Bertz CT molecular complexity index is 354. The van der Waals surface area contributed by atoms with E-state index in [1.54, 1.807) is 0 Å². The van der Waals surface area contributed by atoms with Gasteiger partial charge in [-0.3, -0.25) is 0 Å². The summed E-state index contributed by atoms with van der Waals surface area (Å²) in [6.07, 6.45) is 5.92. The van der Waals surface area contributed by atoms with Gasteiger partial charge in [0.1, 0.15) is 6.79 Å². The predicted molar refractivity (Wildman–Crippen MR) is 73.7 cm³/mol. The molecule has 0 radical (unpaired) electrons. The first-order valence-corrected chi connectivity index (χ1v) is 7.78. The van der Waals surface area contributed by atoms with Gasteiger partial charge < -0.3 is 14.6 Å². The molecule has 3 fully saturated rings. The molecule has 0 aromatic rings. The summed E-state index contributed by atoms with van der Waals surface area (Å²) in [5.41, 5.74) is -0.393. The van der Waals surface area contributed by atoms with Crippen molar-refractivity contribution in [3.05, 3.63) is 0 Å². The van der Waals surface area contributed by atoms with Gasteiger partial charge in [-0.15, -0.1) is 0 Å². The van der Waals surface area contributed by atoms with Gasteiger partial charge >= 0.3 is 0 Å². The van der Waals surface area contributed by atoms with Gasteiger partial charge in [0.2, 0.25) is 0 Å². The lowest BCUT2D eigenvalue weighted by molar-refractivity contribution is -0.225. The average Bonchev–Trinajstić information content (AvgIpc) is 2.51. The maximum Gasteiger partial charge on any atom is 0.146 e. The van der Waals surface area contributed by atoms with E-state index in [2.05, 4.69) is 20.8 Å². The van der Waals surface area contributed by atoms with Crippen molar-refractivity contribution >= 4 is 0 Å². The van der Waals surface area contributed by atoms with Crippen molar-refractivity contribution in [2.75, 3.05) is 20.0 Å². The number of hydrogen-bond acceptors (Lipinski definition) is 3. The molecule has 0 unspecified atom stereocenters. The molecule has 0 aromatic heterocycles. The maximum atomic E-state index is 11.5. The number of ether oxygens (including phenoxy) is 2. The Balaban J connectivity index is 1.99. The Kier molecular flexibility index (Phi) is 3.23. The third-order valence-electron chi connectivity index (χ3n) is 6.51. The van der Waals surface area contributed by atoms with Crippen LogP contribution in [0.2, 0.25) is 0 Å². The monoisotopic (exact) mass is 268 g/mol. The molecule has 0 aromatic carbocycles. The fourth-order valence-electron chi connectivity index (χ4n) is 5.37. The van der Waals surface area contributed by atoms with Crippen LogP contribution in [0.4, 0.5) is 0 Å². The number of fused-ring (bicyclic) bond motifs is 3. The summed E-state index contributed by atoms with van der Waals surface area (Å²) in [4.78, 5) is 0. The lowest BCUT2D eigenvalue weighted by Crippen LogP contribution is -2.65. The second kappa shape index (κ2) is 4.44. The molecule has 4 atom stereocenters. The van der Waals surface area contributed by atoms with Crippen LogP contribution < -0.4 is 0 Å². The lowest BCUT2D eigenvalue weighted by atomic mass is 9.45.